The van der Waals surface area contributed by atoms with Gasteiger partial charge in [-0.2, -0.15) is 0 Å². The van der Waals surface area contributed by atoms with Crippen molar-refractivity contribution in [1.29, 1.82) is 0 Å². The van der Waals surface area contributed by atoms with Crippen LogP contribution in [0.3, 0.4) is 0 Å². The molecule has 2 aromatic rings. The molecular formula is C28H42NOSi. The summed E-state index contributed by atoms with van der Waals surface area (Å²) in [5.41, 5.74) is 3.49. The first-order valence-corrected chi connectivity index (χ1v) is 14.1. The lowest BCUT2D eigenvalue weighted by molar-refractivity contribution is 0.191. The van der Waals surface area contributed by atoms with Gasteiger partial charge in [-0.25, -0.2) is 0 Å². The first kappa shape index (κ1) is 25.6. The SMILES string of the molecule is C=C(c1ccccc1)c1ccc([Si](CCCN(CCCC)CCCC)COCC)cc1. The van der Waals surface area contributed by atoms with Gasteiger partial charge in [0.25, 0.3) is 0 Å². The molecule has 0 saturated carbocycles. The minimum atomic E-state index is -0.705. The predicted molar refractivity (Wildman–Crippen MR) is 139 cm³/mol. The molecule has 2 nitrogen and oxygen atoms in total. The Morgan fingerprint density at radius 3 is 1.97 bits per heavy atom. The van der Waals surface area contributed by atoms with Crippen molar-refractivity contribution < 1.29 is 4.74 Å². The summed E-state index contributed by atoms with van der Waals surface area (Å²) in [5.74, 6) is 0. The van der Waals surface area contributed by atoms with Crippen LogP contribution in [0.15, 0.2) is 61.2 Å². The van der Waals surface area contributed by atoms with Crippen molar-refractivity contribution in [2.24, 2.45) is 0 Å². The maximum Gasteiger partial charge on any atom is 0.117 e. The summed E-state index contributed by atoms with van der Waals surface area (Å²) in [4.78, 5) is 2.68. The molecule has 31 heavy (non-hydrogen) atoms. The topological polar surface area (TPSA) is 12.5 Å². The largest absolute Gasteiger partial charge is 0.385 e. The summed E-state index contributed by atoms with van der Waals surface area (Å²) < 4.78 is 5.90. The first-order chi connectivity index (χ1) is 15.2. The fraction of sp³-hybridized carbons (Fsp3) is 0.500. The highest BCUT2D eigenvalue weighted by Crippen LogP contribution is 2.20. The molecule has 0 fully saturated rings. The van der Waals surface area contributed by atoms with Crippen LogP contribution < -0.4 is 5.19 Å². The van der Waals surface area contributed by atoms with Gasteiger partial charge in [0.1, 0.15) is 8.80 Å². The molecule has 0 N–H and O–H groups in total. The van der Waals surface area contributed by atoms with Gasteiger partial charge in [-0.1, -0.05) is 99.1 Å². The third-order valence-electron chi connectivity index (χ3n) is 5.85. The zero-order valence-corrected chi connectivity index (χ0v) is 21.0. The highest BCUT2D eigenvalue weighted by Gasteiger charge is 2.16. The van der Waals surface area contributed by atoms with Crippen LogP contribution in [-0.4, -0.2) is 46.2 Å². The van der Waals surface area contributed by atoms with Gasteiger partial charge in [0.2, 0.25) is 0 Å². The standard InChI is InChI=1S/C28H42NOSi/c1-5-8-20-29(21-9-6-2)22-13-23-31(24-30-7-3)28-18-16-27(17-19-28)25(4)26-14-11-10-12-15-26/h10-12,14-19H,4-9,13,20-24H2,1-3H3. The molecule has 169 valence electrons. The van der Waals surface area contributed by atoms with Crippen LogP contribution in [0.25, 0.3) is 5.57 Å². The van der Waals surface area contributed by atoms with Gasteiger partial charge >= 0.3 is 0 Å². The molecular weight excluding hydrogens is 394 g/mol. The fourth-order valence-electron chi connectivity index (χ4n) is 3.85. The monoisotopic (exact) mass is 436 g/mol. The van der Waals surface area contributed by atoms with E-state index in [1.807, 2.05) is 6.07 Å². The van der Waals surface area contributed by atoms with E-state index in [0.29, 0.717) is 0 Å². The van der Waals surface area contributed by atoms with E-state index in [1.165, 1.54) is 74.1 Å². The predicted octanol–water partition coefficient (Wildman–Crippen LogP) is 6.32. The number of hydrogen-bond donors (Lipinski definition) is 0. The van der Waals surface area contributed by atoms with Crippen molar-refractivity contribution in [3.8, 4) is 0 Å². The smallest absolute Gasteiger partial charge is 0.117 e. The number of nitrogens with zero attached hydrogens (tertiary/aromatic N) is 1. The van der Waals surface area contributed by atoms with Crippen LogP contribution in [0.2, 0.25) is 6.04 Å². The van der Waals surface area contributed by atoms with Crippen LogP contribution in [0, 0.1) is 0 Å². The Kier molecular flexibility index (Phi) is 12.5. The molecule has 0 aliphatic heterocycles. The van der Waals surface area contributed by atoms with Crippen molar-refractivity contribution >= 4 is 19.6 Å². The second-order valence-corrected chi connectivity index (χ2v) is 10.9. The molecule has 2 aromatic carbocycles. The lowest BCUT2D eigenvalue weighted by Crippen LogP contribution is -2.36. The maximum absolute atomic E-state index is 5.90. The van der Waals surface area contributed by atoms with Crippen molar-refractivity contribution in [2.75, 3.05) is 32.5 Å². The lowest BCUT2D eigenvalue weighted by atomic mass is 10.00. The molecule has 3 heteroatoms. The summed E-state index contributed by atoms with van der Waals surface area (Å²) >= 11 is 0. The summed E-state index contributed by atoms with van der Waals surface area (Å²) in [7, 11) is -0.705. The third kappa shape index (κ3) is 9.14. The van der Waals surface area contributed by atoms with Crippen LogP contribution >= 0.6 is 0 Å². The minimum absolute atomic E-state index is 0.705. The van der Waals surface area contributed by atoms with Gasteiger partial charge in [0.15, 0.2) is 0 Å². The van der Waals surface area contributed by atoms with E-state index in [9.17, 15) is 0 Å². The van der Waals surface area contributed by atoms with Gasteiger partial charge in [0, 0.05) is 12.8 Å². The van der Waals surface area contributed by atoms with Crippen molar-refractivity contribution in [1.82, 2.24) is 4.90 Å². The van der Waals surface area contributed by atoms with E-state index in [0.717, 1.165) is 18.4 Å². The van der Waals surface area contributed by atoms with Gasteiger partial charge < -0.3 is 9.64 Å². The van der Waals surface area contributed by atoms with Crippen LogP contribution in [0.1, 0.15) is 64.0 Å². The Labute approximate surface area is 192 Å². The Bertz CT molecular complexity index is 720. The molecule has 0 saturated heterocycles. The average Bonchev–Trinajstić information content (AvgIpc) is 2.82. The summed E-state index contributed by atoms with van der Waals surface area (Å²) in [6.07, 6.45) is 7.36. The fourth-order valence-corrected chi connectivity index (χ4v) is 6.13. The molecule has 0 aliphatic rings. The third-order valence-corrected chi connectivity index (χ3v) is 8.51. The Hall–Kier alpha value is -1.68. The molecule has 0 aliphatic carbocycles. The number of rotatable bonds is 16. The molecule has 0 amide bonds. The van der Waals surface area contributed by atoms with Gasteiger partial charge in [-0.05, 0) is 62.5 Å². The molecule has 0 spiro atoms. The second-order valence-electron chi connectivity index (χ2n) is 8.31. The number of unbranched alkanes of at least 4 members (excludes halogenated alkanes) is 2. The number of ether oxygens (including phenoxy) is 1. The van der Waals surface area contributed by atoms with E-state index in [2.05, 4.69) is 80.8 Å². The summed E-state index contributed by atoms with van der Waals surface area (Å²) in [5, 5.41) is 1.48. The molecule has 0 atom stereocenters. The second kappa shape index (κ2) is 15.2. The van der Waals surface area contributed by atoms with E-state index in [-0.39, 0.29) is 0 Å². The van der Waals surface area contributed by atoms with Crippen LogP contribution in [-0.2, 0) is 4.74 Å². The van der Waals surface area contributed by atoms with Crippen LogP contribution in [0.4, 0.5) is 0 Å². The van der Waals surface area contributed by atoms with E-state index >= 15 is 0 Å². The van der Waals surface area contributed by atoms with E-state index < -0.39 is 8.80 Å². The Balaban J connectivity index is 1.98. The van der Waals surface area contributed by atoms with Gasteiger partial charge in [-0.15, -0.1) is 0 Å². The molecule has 0 heterocycles. The molecule has 0 bridgehead atoms. The van der Waals surface area contributed by atoms with Crippen molar-refractivity contribution in [3.05, 3.63) is 72.3 Å². The molecule has 2 rings (SSSR count). The van der Waals surface area contributed by atoms with Crippen molar-refractivity contribution in [3.63, 3.8) is 0 Å². The highest BCUT2D eigenvalue weighted by molar-refractivity contribution is 6.73. The van der Waals surface area contributed by atoms with Crippen LogP contribution in [0.5, 0.6) is 0 Å². The minimum Gasteiger partial charge on any atom is -0.385 e. The molecule has 0 aromatic heterocycles. The lowest BCUT2D eigenvalue weighted by Gasteiger charge is -2.23. The van der Waals surface area contributed by atoms with E-state index in [4.69, 9.17) is 4.74 Å². The molecule has 0 unspecified atom stereocenters. The Morgan fingerprint density at radius 2 is 1.39 bits per heavy atom. The quantitative estimate of drug-likeness (QED) is 0.286. The Morgan fingerprint density at radius 1 is 0.806 bits per heavy atom. The van der Waals surface area contributed by atoms with Crippen molar-refractivity contribution in [2.45, 2.75) is 58.9 Å². The summed E-state index contributed by atoms with van der Waals surface area (Å²) in [6, 6.07) is 20.9. The maximum atomic E-state index is 5.90. The number of benzene rings is 2. The zero-order chi connectivity index (χ0) is 22.3. The number of hydrogen-bond acceptors (Lipinski definition) is 2. The van der Waals surface area contributed by atoms with Gasteiger partial charge in [-0.3, -0.25) is 0 Å². The summed E-state index contributed by atoms with van der Waals surface area (Å²) in [6.45, 7) is 15.5. The zero-order valence-electron chi connectivity index (χ0n) is 20.0. The van der Waals surface area contributed by atoms with E-state index in [1.54, 1.807) is 0 Å². The normalized spacial score (nSPS) is 11.4. The average molecular weight is 437 g/mol. The first-order valence-electron chi connectivity index (χ1n) is 12.2. The highest BCUT2D eigenvalue weighted by atomic mass is 28.3. The van der Waals surface area contributed by atoms with Gasteiger partial charge in [0.05, 0.1) is 0 Å². The molecule has 1 radical (unpaired) electrons.